The number of carbonyl (C=O) groups is 1. The maximum absolute atomic E-state index is 10.9. The fourth-order valence-electron chi connectivity index (χ4n) is 2.86. The van der Waals surface area contributed by atoms with Gasteiger partial charge in [-0.1, -0.05) is 18.6 Å². The lowest BCUT2D eigenvalue weighted by Crippen LogP contribution is -2.40. The molecule has 1 aliphatic rings. The number of oxazole rings is 1. The molecule has 1 atom stereocenters. The van der Waals surface area contributed by atoms with E-state index in [1.54, 1.807) is 0 Å². The molecule has 2 aromatic rings. The highest BCUT2D eigenvalue weighted by Crippen LogP contribution is 2.23. The number of likely N-dealkylation sites (tertiary alicyclic amines) is 1. The molecule has 106 valence electrons. The molecule has 20 heavy (non-hydrogen) atoms. The molecule has 1 unspecified atom stereocenters. The van der Waals surface area contributed by atoms with Crippen molar-refractivity contribution in [1.29, 1.82) is 0 Å². The van der Waals surface area contributed by atoms with Crippen LogP contribution in [0.25, 0.3) is 11.1 Å². The lowest BCUT2D eigenvalue weighted by molar-refractivity contribution is -0.138. The molecule has 1 aromatic carbocycles. The maximum Gasteiger partial charge on any atom is 0.304 e. The lowest BCUT2D eigenvalue weighted by Gasteiger charge is -2.33. The van der Waals surface area contributed by atoms with Gasteiger partial charge in [0.15, 0.2) is 5.58 Å². The molecule has 0 bridgehead atoms. The molecule has 1 N–H and O–H groups in total. The van der Waals surface area contributed by atoms with Crippen molar-refractivity contribution >= 4 is 17.1 Å². The van der Waals surface area contributed by atoms with Crippen molar-refractivity contribution < 1.29 is 14.3 Å². The van der Waals surface area contributed by atoms with Gasteiger partial charge >= 0.3 is 5.97 Å². The van der Waals surface area contributed by atoms with E-state index in [4.69, 9.17) is 9.52 Å². The molecule has 1 aliphatic heterocycles. The third-order valence-corrected chi connectivity index (χ3v) is 3.84. The zero-order chi connectivity index (χ0) is 13.9. The van der Waals surface area contributed by atoms with E-state index in [0.717, 1.165) is 36.9 Å². The van der Waals surface area contributed by atoms with Gasteiger partial charge in [0.2, 0.25) is 5.89 Å². The van der Waals surface area contributed by atoms with E-state index >= 15 is 0 Å². The number of fused-ring (bicyclic) bond motifs is 1. The third kappa shape index (κ3) is 2.82. The first-order valence-corrected chi connectivity index (χ1v) is 7.02. The zero-order valence-corrected chi connectivity index (χ0v) is 11.3. The molecular formula is C15H18N2O3. The summed E-state index contributed by atoms with van der Waals surface area (Å²) in [6.07, 6.45) is 3.34. The predicted octanol–water partition coefficient (Wildman–Crippen LogP) is 2.66. The van der Waals surface area contributed by atoms with E-state index in [1.807, 2.05) is 24.3 Å². The van der Waals surface area contributed by atoms with Gasteiger partial charge in [-0.15, -0.1) is 0 Å². The molecular weight excluding hydrogens is 256 g/mol. The second-order valence-electron chi connectivity index (χ2n) is 5.29. The van der Waals surface area contributed by atoms with Crippen molar-refractivity contribution in [2.75, 3.05) is 6.54 Å². The maximum atomic E-state index is 10.9. The van der Waals surface area contributed by atoms with Crippen LogP contribution >= 0.6 is 0 Å². The number of rotatable bonds is 4. The van der Waals surface area contributed by atoms with Gasteiger partial charge in [0, 0.05) is 6.04 Å². The summed E-state index contributed by atoms with van der Waals surface area (Å²) in [5.74, 6) is -0.0667. The van der Waals surface area contributed by atoms with Gasteiger partial charge < -0.3 is 9.52 Å². The summed E-state index contributed by atoms with van der Waals surface area (Å²) in [6.45, 7) is 1.50. The van der Waals surface area contributed by atoms with Crippen LogP contribution in [0, 0.1) is 0 Å². The summed E-state index contributed by atoms with van der Waals surface area (Å²) in [6, 6.07) is 7.77. The number of aliphatic carboxylic acids is 1. The average Bonchev–Trinajstić information content (AvgIpc) is 2.82. The Morgan fingerprint density at radius 3 is 3.05 bits per heavy atom. The Balaban J connectivity index is 1.75. The second-order valence-corrected chi connectivity index (χ2v) is 5.29. The summed E-state index contributed by atoms with van der Waals surface area (Å²) in [7, 11) is 0. The zero-order valence-electron chi connectivity index (χ0n) is 11.3. The molecule has 1 fully saturated rings. The van der Waals surface area contributed by atoms with Crippen molar-refractivity contribution in [1.82, 2.24) is 9.88 Å². The summed E-state index contributed by atoms with van der Waals surface area (Å²) < 4.78 is 5.72. The smallest absolute Gasteiger partial charge is 0.304 e. The molecule has 1 saturated heterocycles. The predicted molar refractivity (Wildman–Crippen MR) is 74.3 cm³/mol. The average molecular weight is 274 g/mol. The normalized spacial score (nSPS) is 20.3. The fraction of sp³-hybridized carbons (Fsp3) is 0.467. The van der Waals surface area contributed by atoms with Crippen molar-refractivity contribution in [3.8, 4) is 0 Å². The Morgan fingerprint density at radius 2 is 2.25 bits per heavy atom. The number of piperidine rings is 1. The molecule has 5 nitrogen and oxygen atoms in total. The SMILES string of the molecule is O=C(O)CC1CCCCN1Cc1nc2ccccc2o1. The minimum absolute atomic E-state index is 0.0938. The van der Waals surface area contributed by atoms with Gasteiger partial charge in [-0.05, 0) is 31.5 Å². The number of hydrogen-bond acceptors (Lipinski definition) is 4. The van der Waals surface area contributed by atoms with Crippen LogP contribution in [0.15, 0.2) is 28.7 Å². The summed E-state index contributed by atoms with van der Waals surface area (Å²) in [4.78, 5) is 17.6. The van der Waals surface area contributed by atoms with Crippen LogP contribution in [0.5, 0.6) is 0 Å². The Bertz CT molecular complexity index is 575. The largest absolute Gasteiger partial charge is 0.481 e. The van der Waals surface area contributed by atoms with Gasteiger partial charge in [0.25, 0.3) is 0 Å². The van der Waals surface area contributed by atoms with Gasteiger partial charge in [-0.3, -0.25) is 9.69 Å². The van der Waals surface area contributed by atoms with Crippen LogP contribution in [-0.4, -0.2) is 33.5 Å². The highest BCUT2D eigenvalue weighted by molar-refractivity contribution is 5.72. The van der Waals surface area contributed by atoms with E-state index in [2.05, 4.69) is 9.88 Å². The molecule has 0 saturated carbocycles. The first-order valence-electron chi connectivity index (χ1n) is 7.02. The number of nitrogens with zero attached hydrogens (tertiary/aromatic N) is 2. The molecule has 5 heteroatoms. The minimum Gasteiger partial charge on any atom is -0.481 e. The van der Waals surface area contributed by atoms with Crippen LogP contribution in [0.4, 0.5) is 0 Å². The molecule has 0 spiro atoms. The van der Waals surface area contributed by atoms with Gasteiger partial charge in [-0.25, -0.2) is 4.98 Å². The van der Waals surface area contributed by atoms with Crippen molar-refractivity contribution in [3.05, 3.63) is 30.2 Å². The van der Waals surface area contributed by atoms with Crippen LogP contribution in [0.1, 0.15) is 31.6 Å². The number of carboxylic acids is 1. The number of aromatic nitrogens is 1. The highest BCUT2D eigenvalue weighted by Gasteiger charge is 2.25. The van der Waals surface area contributed by atoms with Crippen molar-refractivity contribution in [2.45, 2.75) is 38.3 Å². The Kier molecular flexibility index (Phi) is 3.69. The van der Waals surface area contributed by atoms with Gasteiger partial charge in [0.1, 0.15) is 5.52 Å². The van der Waals surface area contributed by atoms with Crippen LogP contribution in [0.2, 0.25) is 0 Å². The van der Waals surface area contributed by atoms with E-state index < -0.39 is 5.97 Å². The topological polar surface area (TPSA) is 66.6 Å². The number of para-hydroxylation sites is 2. The van der Waals surface area contributed by atoms with Crippen LogP contribution < -0.4 is 0 Å². The second kappa shape index (κ2) is 5.63. The van der Waals surface area contributed by atoms with Gasteiger partial charge in [-0.2, -0.15) is 0 Å². The van der Waals surface area contributed by atoms with E-state index in [9.17, 15) is 4.79 Å². The fourth-order valence-corrected chi connectivity index (χ4v) is 2.86. The molecule has 0 amide bonds. The van der Waals surface area contributed by atoms with Crippen LogP contribution in [0.3, 0.4) is 0 Å². The summed E-state index contributed by atoms with van der Waals surface area (Å²) in [5, 5.41) is 9.00. The molecule has 0 aliphatic carbocycles. The first-order chi connectivity index (χ1) is 9.72. The monoisotopic (exact) mass is 274 g/mol. The van der Waals surface area contributed by atoms with E-state index in [-0.39, 0.29) is 12.5 Å². The van der Waals surface area contributed by atoms with Crippen molar-refractivity contribution in [3.63, 3.8) is 0 Å². The Hall–Kier alpha value is -1.88. The van der Waals surface area contributed by atoms with Gasteiger partial charge in [0.05, 0.1) is 13.0 Å². The molecule has 0 radical (unpaired) electrons. The molecule has 2 heterocycles. The highest BCUT2D eigenvalue weighted by atomic mass is 16.4. The van der Waals surface area contributed by atoms with Crippen LogP contribution in [-0.2, 0) is 11.3 Å². The Labute approximate surface area is 117 Å². The van der Waals surface area contributed by atoms with E-state index in [0.29, 0.717) is 12.4 Å². The standard InChI is InChI=1S/C15H18N2O3/c18-15(19)9-11-5-3-4-8-17(11)10-14-16-12-6-1-2-7-13(12)20-14/h1-2,6-7,11H,3-5,8-10H2,(H,18,19). The number of carboxylic acid groups (broad SMARTS) is 1. The van der Waals surface area contributed by atoms with Crippen molar-refractivity contribution in [2.24, 2.45) is 0 Å². The molecule has 1 aromatic heterocycles. The Morgan fingerprint density at radius 1 is 1.40 bits per heavy atom. The third-order valence-electron chi connectivity index (χ3n) is 3.84. The number of hydrogen-bond donors (Lipinski definition) is 1. The van der Waals surface area contributed by atoms with E-state index in [1.165, 1.54) is 0 Å². The summed E-state index contributed by atoms with van der Waals surface area (Å²) >= 11 is 0. The summed E-state index contributed by atoms with van der Waals surface area (Å²) in [5.41, 5.74) is 1.64. The minimum atomic E-state index is -0.737. The quantitative estimate of drug-likeness (QED) is 0.928. The first kappa shape index (κ1) is 13.1. The number of benzene rings is 1. The lowest BCUT2D eigenvalue weighted by atomic mass is 9.99. The molecule has 3 rings (SSSR count).